The van der Waals surface area contributed by atoms with E-state index in [9.17, 15) is 18.0 Å². The average molecular weight is 466 g/mol. The summed E-state index contributed by atoms with van der Waals surface area (Å²) in [5.41, 5.74) is 4.32. The van der Waals surface area contributed by atoms with Crippen molar-refractivity contribution in [1.29, 1.82) is 0 Å². The van der Waals surface area contributed by atoms with Crippen LogP contribution in [0.2, 0.25) is 0 Å². The normalized spacial score (nSPS) is 21.8. The van der Waals surface area contributed by atoms with E-state index in [0.717, 1.165) is 22.3 Å². The van der Waals surface area contributed by atoms with Crippen LogP contribution in [0.4, 0.5) is 0 Å². The van der Waals surface area contributed by atoms with Gasteiger partial charge in [-0.15, -0.1) is 0 Å². The molecule has 0 radical (unpaired) electrons. The van der Waals surface area contributed by atoms with Gasteiger partial charge in [0.25, 0.3) is 5.91 Å². The molecule has 2 unspecified atom stereocenters. The zero-order valence-electron chi connectivity index (χ0n) is 19.2. The highest BCUT2D eigenvalue weighted by Gasteiger charge is 2.48. The Balaban J connectivity index is 1.74. The second-order valence-electron chi connectivity index (χ2n) is 9.60. The highest BCUT2D eigenvalue weighted by atomic mass is 32.2. The summed E-state index contributed by atoms with van der Waals surface area (Å²) >= 11 is 0. The van der Waals surface area contributed by atoms with Gasteiger partial charge in [0.15, 0.2) is 15.3 Å². The summed E-state index contributed by atoms with van der Waals surface area (Å²) in [6.45, 7) is 8.07. The number of carbonyl (C=O) groups is 1. The standard InChI is InChI=1S/C26H27NO5S/c1-14(2)17-5-7-18(8-6-17)23-22-24(28)20-11-15(3)16(4)12-21(20)32-25(22)26(29)27(23)19-9-10-33(30,31)13-19/h5-8,11-12,14,19,23H,9-10,13H2,1-4H3. The predicted molar refractivity (Wildman–Crippen MR) is 128 cm³/mol. The fourth-order valence-corrected chi connectivity index (χ4v) is 6.72. The van der Waals surface area contributed by atoms with E-state index in [1.807, 2.05) is 44.2 Å². The zero-order chi connectivity index (χ0) is 23.7. The van der Waals surface area contributed by atoms with Crippen LogP contribution in [0.15, 0.2) is 45.6 Å². The van der Waals surface area contributed by atoms with Gasteiger partial charge in [-0.2, -0.15) is 0 Å². The maximum absolute atomic E-state index is 13.7. The molecule has 1 saturated heterocycles. The number of carbonyl (C=O) groups excluding carboxylic acids is 1. The summed E-state index contributed by atoms with van der Waals surface area (Å²) in [6, 6.07) is 10.3. The van der Waals surface area contributed by atoms with Crippen LogP contribution in [0.25, 0.3) is 11.0 Å². The second-order valence-corrected chi connectivity index (χ2v) is 11.8. The molecule has 5 rings (SSSR count). The molecule has 2 aliphatic heterocycles. The van der Waals surface area contributed by atoms with Gasteiger partial charge in [0.2, 0.25) is 5.76 Å². The lowest BCUT2D eigenvalue weighted by Gasteiger charge is -2.30. The first-order chi connectivity index (χ1) is 15.6. The molecule has 2 aliphatic rings. The van der Waals surface area contributed by atoms with Crippen molar-refractivity contribution in [2.24, 2.45) is 0 Å². The molecule has 1 fully saturated rings. The molecule has 0 spiro atoms. The van der Waals surface area contributed by atoms with E-state index in [2.05, 4.69) is 13.8 Å². The lowest BCUT2D eigenvalue weighted by molar-refractivity contribution is 0.0662. The molecule has 0 aliphatic carbocycles. The van der Waals surface area contributed by atoms with Crippen LogP contribution in [0.5, 0.6) is 0 Å². The molecule has 172 valence electrons. The number of rotatable bonds is 3. The third kappa shape index (κ3) is 3.50. The third-order valence-corrected chi connectivity index (χ3v) is 8.79. The van der Waals surface area contributed by atoms with E-state index in [1.165, 1.54) is 0 Å². The summed E-state index contributed by atoms with van der Waals surface area (Å²) in [4.78, 5) is 28.9. The van der Waals surface area contributed by atoms with Crippen molar-refractivity contribution in [2.75, 3.05) is 11.5 Å². The van der Waals surface area contributed by atoms with Gasteiger partial charge in [-0.05, 0) is 60.6 Å². The Morgan fingerprint density at radius 1 is 1.03 bits per heavy atom. The molecule has 2 aromatic carbocycles. The molecule has 0 bridgehead atoms. The second kappa shape index (κ2) is 7.55. The molecule has 33 heavy (non-hydrogen) atoms. The minimum Gasteiger partial charge on any atom is -0.450 e. The van der Waals surface area contributed by atoms with Gasteiger partial charge in [-0.3, -0.25) is 9.59 Å². The van der Waals surface area contributed by atoms with Gasteiger partial charge in [-0.25, -0.2) is 8.42 Å². The van der Waals surface area contributed by atoms with Gasteiger partial charge in [0, 0.05) is 6.04 Å². The molecule has 6 nitrogen and oxygen atoms in total. The van der Waals surface area contributed by atoms with E-state index in [0.29, 0.717) is 28.9 Å². The van der Waals surface area contributed by atoms with Gasteiger partial charge in [-0.1, -0.05) is 38.1 Å². The number of fused-ring (bicyclic) bond motifs is 2. The molecule has 3 heterocycles. The maximum Gasteiger partial charge on any atom is 0.291 e. The van der Waals surface area contributed by atoms with E-state index < -0.39 is 27.8 Å². The third-order valence-electron chi connectivity index (χ3n) is 7.04. The Kier molecular flexibility index (Phi) is 5.01. The Morgan fingerprint density at radius 3 is 2.30 bits per heavy atom. The zero-order valence-corrected chi connectivity index (χ0v) is 20.0. The van der Waals surface area contributed by atoms with Gasteiger partial charge in [0.1, 0.15) is 5.58 Å². The minimum absolute atomic E-state index is 0.0259. The van der Waals surface area contributed by atoms with Crippen molar-refractivity contribution < 1.29 is 17.6 Å². The largest absolute Gasteiger partial charge is 0.450 e. The predicted octanol–water partition coefficient (Wildman–Crippen LogP) is 4.27. The first kappa shape index (κ1) is 21.9. The van der Waals surface area contributed by atoms with Crippen LogP contribution >= 0.6 is 0 Å². The van der Waals surface area contributed by atoms with E-state index >= 15 is 0 Å². The summed E-state index contributed by atoms with van der Waals surface area (Å²) in [5.74, 6) is -0.106. The molecule has 0 saturated carbocycles. The van der Waals surface area contributed by atoms with E-state index in [1.54, 1.807) is 11.0 Å². The van der Waals surface area contributed by atoms with Gasteiger partial charge < -0.3 is 9.32 Å². The van der Waals surface area contributed by atoms with Crippen molar-refractivity contribution in [3.63, 3.8) is 0 Å². The SMILES string of the molecule is Cc1cc2oc3c(c(=O)c2cc1C)C(c1ccc(C(C)C)cc1)N(C1CCS(=O)(=O)C1)C3=O. The van der Waals surface area contributed by atoms with Crippen molar-refractivity contribution >= 4 is 26.7 Å². The molecule has 2 atom stereocenters. The van der Waals surface area contributed by atoms with Crippen LogP contribution in [0.3, 0.4) is 0 Å². The number of sulfone groups is 1. The summed E-state index contributed by atoms with van der Waals surface area (Å²) in [5, 5.41) is 0.439. The molecular weight excluding hydrogens is 438 g/mol. The molecule has 1 amide bonds. The first-order valence-corrected chi connectivity index (χ1v) is 13.1. The Bertz CT molecular complexity index is 1450. The topological polar surface area (TPSA) is 84.7 Å². The number of hydrogen-bond donors (Lipinski definition) is 0. The summed E-state index contributed by atoms with van der Waals surface area (Å²) in [7, 11) is -3.23. The van der Waals surface area contributed by atoms with Crippen LogP contribution in [0.1, 0.15) is 70.6 Å². The van der Waals surface area contributed by atoms with Gasteiger partial charge >= 0.3 is 0 Å². The van der Waals surface area contributed by atoms with E-state index in [-0.39, 0.29) is 22.7 Å². The average Bonchev–Trinajstić information content (AvgIpc) is 3.26. The van der Waals surface area contributed by atoms with Crippen molar-refractivity contribution in [3.05, 3.63) is 80.2 Å². The van der Waals surface area contributed by atoms with Crippen molar-refractivity contribution in [2.45, 2.75) is 52.1 Å². The number of amides is 1. The van der Waals surface area contributed by atoms with Crippen LogP contribution in [0, 0.1) is 13.8 Å². The highest BCUT2D eigenvalue weighted by molar-refractivity contribution is 7.91. The van der Waals surface area contributed by atoms with Crippen molar-refractivity contribution in [3.8, 4) is 0 Å². The summed E-state index contributed by atoms with van der Waals surface area (Å²) in [6.07, 6.45) is 0.356. The fourth-order valence-electron chi connectivity index (χ4n) is 5.01. The number of hydrogen-bond acceptors (Lipinski definition) is 5. The number of benzene rings is 2. The smallest absolute Gasteiger partial charge is 0.291 e. The maximum atomic E-state index is 13.7. The lowest BCUT2D eigenvalue weighted by atomic mass is 9.94. The number of aryl methyl sites for hydroxylation is 2. The molecule has 3 aromatic rings. The van der Waals surface area contributed by atoms with Crippen molar-refractivity contribution in [1.82, 2.24) is 4.90 Å². The van der Waals surface area contributed by atoms with Crippen LogP contribution < -0.4 is 5.43 Å². The Hall–Kier alpha value is -2.93. The molecule has 1 aromatic heterocycles. The summed E-state index contributed by atoms with van der Waals surface area (Å²) < 4.78 is 30.5. The molecule has 7 heteroatoms. The fraction of sp³-hybridized carbons (Fsp3) is 0.385. The lowest BCUT2D eigenvalue weighted by Crippen LogP contribution is -2.40. The van der Waals surface area contributed by atoms with Crippen LogP contribution in [-0.2, 0) is 9.84 Å². The number of nitrogens with zero attached hydrogens (tertiary/aromatic N) is 1. The van der Waals surface area contributed by atoms with E-state index in [4.69, 9.17) is 4.42 Å². The molecule has 0 N–H and O–H groups in total. The Labute approximate surface area is 193 Å². The van der Waals surface area contributed by atoms with Gasteiger partial charge in [0.05, 0.1) is 28.5 Å². The minimum atomic E-state index is -3.23. The molecular formula is C26H27NO5S. The van der Waals surface area contributed by atoms with Crippen LogP contribution in [-0.4, -0.2) is 36.8 Å². The highest BCUT2D eigenvalue weighted by Crippen LogP contribution is 2.41. The first-order valence-electron chi connectivity index (χ1n) is 11.3. The quantitative estimate of drug-likeness (QED) is 0.577. The monoisotopic (exact) mass is 465 g/mol. The Morgan fingerprint density at radius 2 is 1.70 bits per heavy atom.